The second-order valence-electron chi connectivity index (χ2n) is 4.56. The molecule has 0 heterocycles. The smallest absolute Gasteiger partial charge is 0.263 e. The van der Waals surface area contributed by atoms with Crippen LogP contribution in [0.5, 0.6) is 0 Å². The summed E-state index contributed by atoms with van der Waals surface area (Å²) in [5.74, 6) is -1.91. The van der Waals surface area contributed by atoms with Crippen LogP contribution in [0.1, 0.15) is 6.92 Å². The Morgan fingerprint density at radius 3 is 2.43 bits per heavy atom. The van der Waals surface area contributed by atoms with E-state index in [-0.39, 0.29) is 21.3 Å². The molecule has 2 rings (SSSR count). The van der Waals surface area contributed by atoms with Gasteiger partial charge in [0.2, 0.25) is 5.91 Å². The average molecular weight is 361 g/mol. The number of carbonyl (C=O) groups is 1. The zero-order valence-corrected chi connectivity index (χ0v) is 13.3. The van der Waals surface area contributed by atoms with Gasteiger partial charge in [-0.1, -0.05) is 11.6 Å². The van der Waals surface area contributed by atoms with E-state index in [1.165, 1.54) is 13.0 Å². The van der Waals surface area contributed by atoms with Gasteiger partial charge in [-0.2, -0.15) is 0 Å². The standard InChI is InChI=1S/C14H11ClF2N2O3S/c1-8(20)18-13-7-10(3-4-12(13)17)19-23(21,22)14-5-2-9(16)6-11(14)15/h2-7,19H,1H3,(H,18,20). The number of anilines is 2. The second-order valence-corrected chi connectivity index (χ2v) is 6.61. The van der Waals surface area contributed by atoms with Crippen LogP contribution in [0.15, 0.2) is 41.3 Å². The third-order valence-electron chi connectivity index (χ3n) is 2.71. The van der Waals surface area contributed by atoms with Crippen molar-refractivity contribution in [1.29, 1.82) is 0 Å². The third-order valence-corrected chi connectivity index (χ3v) is 4.58. The van der Waals surface area contributed by atoms with Gasteiger partial charge < -0.3 is 5.32 Å². The minimum atomic E-state index is -4.10. The lowest BCUT2D eigenvalue weighted by Gasteiger charge is -2.11. The molecule has 0 aromatic heterocycles. The molecule has 122 valence electrons. The summed E-state index contributed by atoms with van der Waals surface area (Å²) in [7, 11) is -4.10. The summed E-state index contributed by atoms with van der Waals surface area (Å²) in [5.41, 5.74) is -0.168. The normalized spacial score (nSPS) is 11.1. The van der Waals surface area contributed by atoms with Crippen LogP contribution < -0.4 is 10.0 Å². The van der Waals surface area contributed by atoms with E-state index in [1.54, 1.807) is 0 Å². The summed E-state index contributed by atoms with van der Waals surface area (Å²) < 4.78 is 53.2. The van der Waals surface area contributed by atoms with Gasteiger partial charge in [-0.15, -0.1) is 0 Å². The highest BCUT2D eigenvalue weighted by molar-refractivity contribution is 7.92. The molecular weight excluding hydrogens is 350 g/mol. The lowest BCUT2D eigenvalue weighted by atomic mass is 10.2. The maximum atomic E-state index is 13.5. The van der Waals surface area contributed by atoms with E-state index in [0.29, 0.717) is 0 Å². The topological polar surface area (TPSA) is 75.3 Å². The number of benzene rings is 2. The fraction of sp³-hybridized carbons (Fsp3) is 0.0714. The highest BCUT2D eigenvalue weighted by atomic mass is 35.5. The van der Waals surface area contributed by atoms with Crippen LogP contribution in [-0.4, -0.2) is 14.3 Å². The fourth-order valence-electron chi connectivity index (χ4n) is 1.78. The fourth-order valence-corrected chi connectivity index (χ4v) is 3.36. The molecule has 0 fully saturated rings. The molecule has 0 radical (unpaired) electrons. The summed E-state index contributed by atoms with van der Waals surface area (Å²) >= 11 is 5.73. The highest BCUT2D eigenvalue weighted by Gasteiger charge is 2.19. The first-order chi connectivity index (χ1) is 10.7. The van der Waals surface area contributed by atoms with E-state index >= 15 is 0 Å². The van der Waals surface area contributed by atoms with Gasteiger partial charge in [-0.3, -0.25) is 9.52 Å². The van der Waals surface area contributed by atoms with Crippen molar-refractivity contribution in [2.75, 3.05) is 10.0 Å². The number of hydrogen-bond acceptors (Lipinski definition) is 3. The maximum Gasteiger partial charge on any atom is 0.263 e. The van der Waals surface area contributed by atoms with E-state index in [2.05, 4.69) is 10.0 Å². The van der Waals surface area contributed by atoms with E-state index in [0.717, 1.165) is 30.3 Å². The molecule has 9 heteroatoms. The van der Waals surface area contributed by atoms with E-state index in [4.69, 9.17) is 11.6 Å². The van der Waals surface area contributed by atoms with Crippen LogP contribution in [0.4, 0.5) is 20.2 Å². The lowest BCUT2D eigenvalue weighted by molar-refractivity contribution is -0.114. The molecule has 0 aliphatic rings. The first-order valence-electron chi connectivity index (χ1n) is 6.24. The van der Waals surface area contributed by atoms with E-state index in [1.807, 2.05) is 0 Å². The molecule has 2 N–H and O–H groups in total. The SMILES string of the molecule is CC(=O)Nc1cc(NS(=O)(=O)c2ccc(F)cc2Cl)ccc1F. The van der Waals surface area contributed by atoms with Crippen LogP contribution in [0.3, 0.4) is 0 Å². The first-order valence-corrected chi connectivity index (χ1v) is 8.10. The van der Waals surface area contributed by atoms with Crippen molar-refractivity contribution in [1.82, 2.24) is 0 Å². The molecule has 0 aliphatic heterocycles. The molecule has 1 amide bonds. The highest BCUT2D eigenvalue weighted by Crippen LogP contribution is 2.26. The lowest BCUT2D eigenvalue weighted by Crippen LogP contribution is -2.14. The first kappa shape index (κ1) is 17.2. The Morgan fingerprint density at radius 1 is 1.13 bits per heavy atom. The summed E-state index contributed by atoms with van der Waals surface area (Å²) in [6, 6.07) is 6.12. The molecule has 2 aromatic rings. The predicted molar refractivity (Wildman–Crippen MR) is 82.9 cm³/mol. The van der Waals surface area contributed by atoms with Gasteiger partial charge in [0.25, 0.3) is 10.0 Å². The molecule has 0 saturated carbocycles. The molecule has 0 spiro atoms. The molecule has 0 saturated heterocycles. The Morgan fingerprint density at radius 2 is 1.83 bits per heavy atom. The third kappa shape index (κ3) is 4.17. The molecule has 0 atom stereocenters. The Labute approximate surface area is 136 Å². The Balaban J connectivity index is 2.35. The number of halogens is 3. The predicted octanol–water partition coefficient (Wildman–Crippen LogP) is 3.38. The van der Waals surface area contributed by atoms with Crippen LogP contribution in [0.25, 0.3) is 0 Å². The zero-order chi connectivity index (χ0) is 17.2. The van der Waals surface area contributed by atoms with Crippen molar-refractivity contribution in [2.45, 2.75) is 11.8 Å². The number of sulfonamides is 1. The van der Waals surface area contributed by atoms with E-state index < -0.39 is 27.6 Å². The van der Waals surface area contributed by atoms with Gasteiger partial charge in [0.1, 0.15) is 16.5 Å². The van der Waals surface area contributed by atoms with Gasteiger partial charge >= 0.3 is 0 Å². The number of nitrogens with one attached hydrogen (secondary N) is 2. The Kier molecular flexibility index (Phi) is 4.86. The molecule has 0 bridgehead atoms. The molecule has 23 heavy (non-hydrogen) atoms. The summed E-state index contributed by atoms with van der Waals surface area (Å²) in [6.45, 7) is 1.19. The number of carbonyl (C=O) groups excluding carboxylic acids is 1. The van der Waals surface area contributed by atoms with E-state index in [9.17, 15) is 22.0 Å². The van der Waals surface area contributed by atoms with Crippen molar-refractivity contribution >= 4 is 38.9 Å². The van der Waals surface area contributed by atoms with Crippen molar-refractivity contribution < 1.29 is 22.0 Å². The molecular formula is C14H11ClF2N2O3S. The van der Waals surface area contributed by atoms with Gasteiger partial charge in [0.05, 0.1) is 16.4 Å². The number of rotatable bonds is 4. The van der Waals surface area contributed by atoms with Crippen molar-refractivity contribution in [3.63, 3.8) is 0 Å². The maximum absolute atomic E-state index is 13.5. The monoisotopic (exact) mass is 360 g/mol. The molecule has 2 aromatic carbocycles. The average Bonchev–Trinajstić information content (AvgIpc) is 2.41. The van der Waals surface area contributed by atoms with Crippen molar-refractivity contribution in [3.05, 3.63) is 53.1 Å². The van der Waals surface area contributed by atoms with Crippen LogP contribution in [-0.2, 0) is 14.8 Å². The zero-order valence-electron chi connectivity index (χ0n) is 11.7. The molecule has 0 aliphatic carbocycles. The summed E-state index contributed by atoms with van der Waals surface area (Å²) in [4.78, 5) is 10.7. The van der Waals surface area contributed by atoms with Crippen LogP contribution in [0.2, 0.25) is 5.02 Å². The quantitative estimate of drug-likeness (QED) is 0.877. The second kappa shape index (κ2) is 6.51. The van der Waals surface area contributed by atoms with Gasteiger partial charge in [0, 0.05) is 6.92 Å². The molecule has 5 nitrogen and oxygen atoms in total. The number of amides is 1. The Bertz CT molecular complexity index is 872. The van der Waals surface area contributed by atoms with Crippen molar-refractivity contribution in [2.24, 2.45) is 0 Å². The minimum absolute atomic E-state index is 0.00976. The Hall–Kier alpha value is -2.19. The summed E-state index contributed by atoms with van der Waals surface area (Å²) in [6.07, 6.45) is 0. The number of hydrogen-bond donors (Lipinski definition) is 2. The minimum Gasteiger partial charge on any atom is -0.324 e. The van der Waals surface area contributed by atoms with Gasteiger partial charge in [-0.25, -0.2) is 17.2 Å². The summed E-state index contributed by atoms with van der Waals surface area (Å²) in [5, 5.41) is 1.94. The van der Waals surface area contributed by atoms with Crippen LogP contribution in [0, 0.1) is 11.6 Å². The largest absolute Gasteiger partial charge is 0.324 e. The van der Waals surface area contributed by atoms with Crippen LogP contribution >= 0.6 is 11.6 Å². The molecule has 0 unspecified atom stereocenters. The van der Waals surface area contributed by atoms with Gasteiger partial charge in [-0.05, 0) is 36.4 Å². The van der Waals surface area contributed by atoms with Gasteiger partial charge in [0.15, 0.2) is 0 Å². The van der Waals surface area contributed by atoms with Crippen molar-refractivity contribution in [3.8, 4) is 0 Å².